The minimum absolute atomic E-state index is 0.0524. The highest BCUT2D eigenvalue weighted by Gasteiger charge is 2.21. The van der Waals surface area contributed by atoms with Crippen molar-refractivity contribution in [3.63, 3.8) is 0 Å². The molecule has 0 aliphatic heterocycles. The number of thioether (sulfide) groups is 1. The maximum Gasteiger partial charge on any atom is 0.277 e. The van der Waals surface area contributed by atoms with Crippen molar-refractivity contribution in [3.8, 4) is 11.5 Å². The van der Waals surface area contributed by atoms with Crippen LogP contribution in [0.4, 0.5) is 0 Å². The third-order valence-electron chi connectivity index (χ3n) is 4.56. The number of nitrogens with zero attached hydrogens (tertiary/aromatic N) is 2. The fraction of sp³-hybridized carbons (Fsp3) is 0.348. The zero-order chi connectivity index (χ0) is 20.5. The quantitative estimate of drug-likeness (QED) is 0.391. The van der Waals surface area contributed by atoms with Gasteiger partial charge in [0.1, 0.15) is 0 Å². The Hall–Kier alpha value is -2.40. The van der Waals surface area contributed by atoms with Gasteiger partial charge in [-0.15, -0.1) is 10.2 Å². The predicted molar refractivity (Wildman–Crippen MR) is 114 cm³/mol. The molecule has 0 aliphatic rings. The molecule has 146 valence electrons. The number of hydrogen-bond donors (Lipinski definition) is 0. The van der Waals surface area contributed by atoms with Crippen molar-refractivity contribution in [2.75, 3.05) is 0 Å². The molecule has 4 nitrogen and oxygen atoms in total. The van der Waals surface area contributed by atoms with Crippen LogP contribution in [0.5, 0.6) is 0 Å². The molecule has 28 heavy (non-hydrogen) atoms. The largest absolute Gasteiger partial charge is 0.411 e. The standard InChI is InChI=1S/C23H26N2O2S/c1-14-11-15(2)13-18(12-14)21-24-25-22(27-21)28-16(3)20(26)17-7-9-19(10-8-17)23(4,5)6/h7-13,16H,1-6H3/t16-/m1/s1. The second kappa shape index (κ2) is 7.92. The summed E-state index contributed by atoms with van der Waals surface area (Å²) in [6.07, 6.45) is 0. The van der Waals surface area contributed by atoms with Gasteiger partial charge in [0.25, 0.3) is 5.22 Å². The van der Waals surface area contributed by atoms with E-state index in [4.69, 9.17) is 4.42 Å². The Morgan fingerprint density at radius 1 is 1.00 bits per heavy atom. The van der Waals surface area contributed by atoms with Crippen LogP contribution in [-0.4, -0.2) is 21.2 Å². The number of aromatic nitrogens is 2. The summed E-state index contributed by atoms with van der Waals surface area (Å²) in [5, 5.41) is 8.34. The molecule has 0 bridgehead atoms. The van der Waals surface area contributed by atoms with Gasteiger partial charge >= 0.3 is 0 Å². The molecule has 3 aromatic rings. The van der Waals surface area contributed by atoms with Crippen molar-refractivity contribution in [2.45, 2.75) is 57.4 Å². The van der Waals surface area contributed by atoms with Crippen LogP contribution < -0.4 is 0 Å². The van der Waals surface area contributed by atoms with Crippen molar-refractivity contribution < 1.29 is 9.21 Å². The van der Waals surface area contributed by atoms with Crippen molar-refractivity contribution in [3.05, 3.63) is 64.7 Å². The molecule has 3 rings (SSSR count). The van der Waals surface area contributed by atoms with Crippen LogP contribution in [0.25, 0.3) is 11.5 Å². The topological polar surface area (TPSA) is 56.0 Å². The summed E-state index contributed by atoms with van der Waals surface area (Å²) >= 11 is 1.29. The summed E-state index contributed by atoms with van der Waals surface area (Å²) in [7, 11) is 0. The van der Waals surface area contributed by atoms with E-state index in [1.807, 2.05) is 57.2 Å². The van der Waals surface area contributed by atoms with E-state index in [1.165, 1.54) is 17.3 Å². The number of benzene rings is 2. The fourth-order valence-electron chi connectivity index (χ4n) is 3.05. The normalized spacial score (nSPS) is 12.8. The first-order valence-electron chi connectivity index (χ1n) is 9.37. The van der Waals surface area contributed by atoms with Crippen LogP contribution in [-0.2, 0) is 5.41 Å². The van der Waals surface area contributed by atoms with Crippen molar-refractivity contribution in [1.29, 1.82) is 0 Å². The van der Waals surface area contributed by atoms with Gasteiger partial charge in [-0.25, -0.2) is 0 Å². The van der Waals surface area contributed by atoms with E-state index >= 15 is 0 Å². The molecular weight excluding hydrogens is 368 g/mol. The van der Waals surface area contributed by atoms with E-state index in [1.54, 1.807) is 0 Å². The fourth-order valence-corrected chi connectivity index (χ4v) is 3.81. The molecule has 0 aliphatic carbocycles. The van der Waals surface area contributed by atoms with Crippen LogP contribution in [0.15, 0.2) is 52.1 Å². The Balaban J connectivity index is 1.72. The number of aryl methyl sites for hydroxylation is 2. The average Bonchev–Trinajstić information content (AvgIpc) is 3.08. The van der Waals surface area contributed by atoms with Crippen LogP contribution in [0.3, 0.4) is 0 Å². The highest BCUT2D eigenvalue weighted by molar-refractivity contribution is 8.00. The Kier molecular flexibility index (Phi) is 5.75. The molecule has 1 heterocycles. The molecule has 1 atom stereocenters. The number of hydrogen-bond acceptors (Lipinski definition) is 5. The number of Topliss-reactive ketones (excluding diaryl/α,β-unsaturated/α-hetero) is 1. The van der Waals surface area contributed by atoms with E-state index in [-0.39, 0.29) is 16.4 Å². The van der Waals surface area contributed by atoms with Crippen molar-refractivity contribution in [1.82, 2.24) is 10.2 Å². The minimum Gasteiger partial charge on any atom is -0.411 e. The molecular formula is C23H26N2O2S. The smallest absolute Gasteiger partial charge is 0.277 e. The lowest BCUT2D eigenvalue weighted by atomic mass is 9.86. The second-order valence-electron chi connectivity index (χ2n) is 8.20. The summed E-state index contributed by atoms with van der Waals surface area (Å²) in [5.41, 5.74) is 5.15. The lowest BCUT2D eigenvalue weighted by Gasteiger charge is -2.19. The molecule has 0 saturated carbocycles. The van der Waals surface area contributed by atoms with E-state index in [0.717, 1.165) is 16.7 Å². The van der Waals surface area contributed by atoms with Gasteiger partial charge in [-0.1, -0.05) is 74.0 Å². The first kappa shape index (κ1) is 20.3. The average molecular weight is 395 g/mol. The number of rotatable bonds is 5. The lowest BCUT2D eigenvalue weighted by Crippen LogP contribution is -2.15. The summed E-state index contributed by atoms with van der Waals surface area (Å²) in [4.78, 5) is 12.8. The van der Waals surface area contributed by atoms with Gasteiger partial charge in [-0.3, -0.25) is 4.79 Å². The van der Waals surface area contributed by atoms with Crippen molar-refractivity contribution >= 4 is 17.5 Å². The highest BCUT2D eigenvalue weighted by atomic mass is 32.2. The summed E-state index contributed by atoms with van der Waals surface area (Å²) in [6.45, 7) is 12.4. The molecule has 0 unspecified atom stereocenters. The summed E-state index contributed by atoms with van der Waals surface area (Å²) in [6, 6.07) is 14.0. The van der Waals surface area contributed by atoms with Gasteiger partial charge in [0, 0.05) is 11.1 Å². The van der Waals surface area contributed by atoms with E-state index in [0.29, 0.717) is 16.7 Å². The van der Waals surface area contributed by atoms with E-state index in [9.17, 15) is 4.79 Å². The Morgan fingerprint density at radius 2 is 1.61 bits per heavy atom. The van der Waals surface area contributed by atoms with Gasteiger partial charge in [-0.2, -0.15) is 0 Å². The van der Waals surface area contributed by atoms with Crippen LogP contribution >= 0.6 is 11.8 Å². The summed E-state index contributed by atoms with van der Waals surface area (Å²) < 4.78 is 5.79. The summed E-state index contributed by atoms with van der Waals surface area (Å²) in [5.74, 6) is 0.528. The molecule has 5 heteroatoms. The molecule has 0 radical (unpaired) electrons. The Morgan fingerprint density at radius 3 is 2.18 bits per heavy atom. The first-order chi connectivity index (χ1) is 13.1. The number of carbonyl (C=O) groups excluding carboxylic acids is 1. The molecule has 0 spiro atoms. The van der Waals surface area contributed by atoms with Crippen LogP contribution in [0.2, 0.25) is 0 Å². The van der Waals surface area contributed by atoms with Gasteiger partial charge in [0.05, 0.1) is 5.25 Å². The second-order valence-corrected chi connectivity index (χ2v) is 9.49. The highest BCUT2D eigenvalue weighted by Crippen LogP contribution is 2.29. The molecule has 0 fully saturated rings. The minimum atomic E-state index is -0.312. The third kappa shape index (κ3) is 4.71. The number of ketones is 1. The van der Waals surface area contributed by atoms with E-state index < -0.39 is 0 Å². The first-order valence-corrected chi connectivity index (χ1v) is 10.2. The van der Waals surface area contributed by atoms with Gasteiger partial charge in [0.15, 0.2) is 5.78 Å². The van der Waals surface area contributed by atoms with Gasteiger partial charge in [-0.05, 0) is 43.9 Å². The Bertz CT molecular complexity index is 964. The van der Waals surface area contributed by atoms with Crippen molar-refractivity contribution in [2.24, 2.45) is 0 Å². The third-order valence-corrected chi connectivity index (χ3v) is 5.49. The maximum atomic E-state index is 12.8. The molecule has 2 aromatic carbocycles. The lowest BCUT2D eigenvalue weighted by molar-refractivity contribution is 0.0993. The van der Waals surface area contributed by atoms with Gasteiger partial charge < -0.3 is 4.42 Å². The predicted octanol–water partition coefficient (Wildman–Crippen LogP) is 6.01. The Labute approximate surface area is 170 Å². The zero-order valence-electron chi connectivity index (χ0n) is 17.2. The van der Waals surface area contributed by atoms with Crippen LogP contribution in [0.1, 0.15) is 54.7 Å². The van der Waals surface area contributed by atoms with E-state index in [2.05, 4.69) is 37.0 Å². The zero-order valence-corrected chi connectivity index (χ0v) is 18.1. The molecule has 0 amide bonds. The monoisotopic (exact) mass is 394 g/mol. The van der Waals surface area contributed by atoms with Crippen LogP contribution in [0, 0.1) is 13.8 Å². The number of carbonyl (C=O) groups is 1. The maximum absolute atomic E-state index is 12.8. The van der Waals surface area contributed by atoms with Gasteiger partial charge in [0.2, 0.25) is 5.89 Å². The molecule has 0 saturated heterocycles. The SMILES string of the molecule is Cc1cc(C)cc(-c2nnc(S[C@H](C)C(=O)c3ccc(C(C)(C)C)cc3)o2)c1. The molecule has 0 N–H and O–H groups in total. The molecule has 1 aromatic heterocycles.